The lowest BCUT2D eigenvalue weighted by Gasteiger charge is -1.90. The summed E-state index contributed by atoms with van der Waals surface area (Å²) in [6.45, 7) is 1.92. The van der Waals surface area contributed by atoms with E-state index in [9.17, 15) is 9.59 Å². The molecule has 0 saturated carbocycles. The van der Waals surface area contributed by atoms with Gasteiger partial charge in [-0.2, -0.15) is 0 Å². The second-order valence-corrected chi connectivity index (χ2v) is 2.17. The highest BCUT2D eigenvalue weighted by Gasteiger charge is 2.22. The van der Waals surface area contributed by atoms with Gasteiger partial charge in [0.1, 0.15) is 0 Å². The largest absolute Gasteiger partial charge is 0.323 e. The molecule has 0 aromatic carbocycles. The molecule has 1 N–H and O–H groups in total. The number of ketones is 1. The molecule has 0 spiro atoms. The van der Waals surface area contributed by atoms with Gasteiger partial charge in [0.2, 0.25) is 5.91 Å². The number of allylic oxidation sites excluding steroid dienone is 2. The molecule has 0 bridgehead atoms. The van der Waals surface area contributed by atoms with E-state index >= 15 is 0 Å². The second-order valence-electron chi connectivity index (χ2n) is 2.17. The fourth-order valence-corrected chi connectivity index (χ4v) is 0.874. The summed E-state index contributed by atoms with van der Waals surface area (Å²) < 4.78 is 0. The first-order chi connectivity index (χ1) is 4.74. The van der Waals surface area contributed by atoms with Crippen molar-refractivity contribution in [3.05, 3.63) is 11.8 Å². The molecule has 10 heavy (non-hydrogen) atoms. The standard InChI is InChI=1S/C7H9NO2/c1-2-3-5-6(9)4-7(10)8-5/h3H,2,4H2,1H3,(H,8,10)/b5-3-. The van der Waals surface area contributed by atoms with E-state index < -0.39 is 0 Å². The maximum atomic E-state index is 10.8. The Hall–Kier alpha value is -1.12. The molecule has 1 fully saturated rings. The van der Waals surface area contributed by atoms with Crippen LogP contribution in [-0.2, 0) is 9.59 Å². The third kappa shape index (κ3) is 1.23. The number of nitrogens with one attached hydrogen (secondary N) is 1. The summed E-state index contributed by atoms with van der Waals surface area (Å²) in [5.41, 5.74) is 0.465. The fourth-order valence-electron chi connectivity index (χ4n) is 0.874. The molecule has 1 amide bonds. The Morgan fingerprint density at radius 2 is 2.30 bits per heavy atom. The lowest BCUT2D eigenvalue weighted by molar-refractivity contribution is -0.121. The van der Waals surface area contributed by atoms with Crippen LogP contribution in [0, 0.1) is 0 Å². The summed E-state index contributed by atoms with van der Waals surface area (Å²) in [4.78, 5) is 21.4. The number of Topliss-reactive ketones (excluding diaryl/α,β-unsaturated/α-hetero) is 1. The molecule has 0 aromatic heterocycles. The minimum absolute atomic E-state index is 0.0197. The average Bonchev–Trinajstić information content (AvgIpc) is 2.13. The molecule has 1 heterocycles. The summed E-state index contributed by atoms with van der Waals surface area (Å²) in [5.74, 6) is -0.281. The molecule has 3 nitrogen and oxygen atoms in total. The van der Waals surface area contributed by atoms with E-state index in [2.05, 4.69) is 5.32 Å². The molecule has 1 rings (SSSR count). The van der Waals surface area contributed by atoms with Crippen LogP contribution >= 0.6 is 0 Å². The lowest BCUT2D eigenvalue weighted by Crippen LogP contribution is -2.12. The Labute approximate surface area is 59.1 Å². The smallest absolute Gasteiger partial charge is 0.232 e. The van der Waals surface area contributed by atoms with Crippen molar-refractivity contribution in [2.45, 2.75) is 19.8 Å². The highest BCUT2D eigenvalue weighted by molar-refractivity contribution is 6.14. The van der Waals surface area contributed by atoms with Crippen molar-refractivity contribution in [1.29, 1.82) is 0 Å². The molecule has 0 unspecified atom stereocenters. The molecule has 0 radical (unpaired) electrons. The van der Waals surface area contributed by atoms with Gasteiger partial charge in [0.05, 0.1) is 12.1 Å². The third-order valence-corrected chi connectivity index (χ3v) is 1.30. The van der Waals surface area contributed by atoms with E-state index in [4.69, 9.17) is 0 Å². The molecule has 0 aliphatic carbocycles. The van der Waals surface area contributed by atoms with Gasteiger partial charge >= 0.3 is 0 Å². The van der Waals surface area contributed by atoms with Gasteiger partial charge in [-0.05, 0) is 6.42 Å². The number of carbonyl (C=O) groups is 2. The predicted octanol–water partition coefficient (Wildman–Crippen LogP) is 0.369. The Balaban J connectivity index is 2.72. The van der Waals surface area contributed by atoms with Crippen molar-refractivity contribution in [1.82, 2.24) is 5.32 Å². The van der Waals surface area contributed by atoms with Crippen LogP contribution in [0.3, 0.4) is 0 Å². The SMILES string of the molecule is CC/C=C1\NC(=O)CC1=O. The van der Waals surface area contributed by atoms with E-state index in [1.54, 1.807) is 6.08 Å². The molecule has 0 atom stereocenters. The van der Waals surface area contributed by atoms with E-state index in [0.717, 1.165) is 6.42 Å². The van der Waals surface area contributed by atoms with Gasteiger partial charge in [-0.1, -0.05) is 13.0 Å². The number of carbonyl (C=O) groups excluding carboxylic acids is 2. The van der Waals surface area contributed by atoms with Gasteiger partial charge in [0.25, 0.3) is 0 Å². The van der Waals surface area contributed by atoms with Crippen LogP contribution in [0.1, 0.15) is 19.8 Å². The van der Waals surface area contributed by atoms with Crippen LogP contribution in [0.2, 0.25) is 0 Å². The first-order valence-electron chi connectivity index (χ1n) is 3.27. The number of hydrogen-bond acceptors (Lipinski definition) is 2. The molecule has 3 heteroatoms. The van der Waals surface area contributed by atoms with Crippen molar-refractivity contribution in [3.63, 3.8) is 0 Å². The Morgan fingerprint density at radius 3 is 2.70 bits per heavy atom. The van der Waals surface area contributed by atoms with Crippen molar-refractivity contribution in [2.75, 3.05) is 0 Å². The van der Waals surface area contributed by atoms with E-state index in [1.807, 2.05) is 6.92 Å². The summed E-state index contributed by atoms with van der Waals surface area (Å²) in [6.07, 6.45) is 2.53. The van der Waals surface area contributed by atoms with Crippen LogP contribution in [0.5, 0.6) is 0 Å². The highest BCUT2D eigenvalue weighted by Crippen LogP contribution is 2.05. The van der Waals surface area contributed by atoms with Gasteiger partial charge in [-0.25, -0.2) is 0 Å². The Morgan fingerprint density at radius 1 is 1.60 bits per heavy atom. The monoisotopic (exact) mass is 139 g/mol. The summed E-state index contributed by atoms with van der Waals surface area (Å²) in [7, 11) is 0. The van der Waals surface area contributed by atoms with Crippen LogP contribution in [0.4, 0.5) is 0 Å². The predicted molar refractivity (Wildman–Crippen MR) is 36.1 cm³/mol. The van der Waals surface area contributed by atoms with Gasteiger partial charge in [-0.15, -0.1) is 0 Å². The third-order valence-electron chi connectivity index (χ3n) is 1.30. The van der Waals surface area contributed by atoms with Gasteiger partial charge in [0, 0.05) is 0 Å². The van der Waals surface area contributed by atoms with Crippen LogP contribution in [-0.4, -0.2) is 11.7 Å². The zero-order chi connectivity index (χ0) is 7.56. The van der Waals surface area contributed by atoms with Crippen LogP contribution in [0.25, 0.3) is 0 Å². The van der Waals surface area contributed by atoms with Gasteiger partial charge in [0.15, 0.2) is 5.78 Å². The molecule has 54 valence electrons. The number of amides is 1. The Kier molecular flexibility index (Phi) is 1.85. The lowest BCUT2D eigenvalue weighted by atomic mass is 10.2. The highest BCUT2D eigenvalue weighted by atomic mass is 16.2. The minimum atomic E-state index is -0.190. The summed E-state index contributed by atoms with van der Waals surface area (Å²) in [6, 6.07) is 0. The van der Waals surface area contributed by atoms with Crippen LogP contribution in [0.15, 0.2) is 11.8 Å². The van der Waals surface area contributed by atoms with Crippen molar-refractivity contribution >= 4 is 11.7 Å². The maximum Gasteiger partial charge on any atom is 0.232 e. The molecule has 0 aromatic rings. The molecule has 1 aliphatic heterocycles. The van der Waals surface area contributed by atoms with Crippen LogP contribution < -0.4 is 5.32 Å². The summed E-state index contributed by atoms with van der Waals surface area (Å²) in [5, 5.41) is 2.48. The topological polar surface area (TPSA) is 46.2 Å². The van der Waals surface area contributed by atoms with E-state index in [0.29, 0.717) is 5.70 Å². The summed E-state index contributed by atoms with van der Waals surface area (Å²) >= 11 is 0. The maximum absolute atomic E-state index is 10.8. The van der Waals surface area contributed by atoms with Crippen molar-refractivity contribution in [3.8, 4) is 0 Å². The van der Waals surface area contributed by atoms with Gasteiger partial charge < -0.3 is 5.32 Å². The molecule has 1 saturated heterocycles. The fraction of sp³-hybridized carbons (Fsp3) is 0.429. The Bertz CT molecular complexity index is 206. The number of hydrogen-bond donors (Lipinski definition) is 1. The first kappa shape index (κ1) is 6.99. The quantitative estimate of drug-likeness (QED) is 0.421. The second kappa shape index (κ2) is 2.64. The van der Waals surface area contributed by atoms with Gasteiger partial charge in [-0.3, -0.25) is 9.59 Å². The zero-order valence-corrected chi connectivity index (χ0v) is 5.81. The number of rotatable bonds is 1. The van der Waals surface area contributed by atoms with E-state index in [-0.39, 0.29) is 18.1 Å². The molecule has 1 aliphatic rings. The van der Waals surface area contributed by atoms with Crippen molar-refractivity contribution < 1.29 is 9.59 Å². The van der Waals surface area contributed by atoms with E-state index in [1.165, 1.54) is 0 Å². The first-order valence-corrected chi connectivity index (χ1v) is 3.27. The zero-order valence-electron chi connectivity index (χ0n) is 5.81. The molecular formula is C7H9NO2. The minimum Gasteiger partial charge on any atom is -0.323 e. The van der Waals surface area contributed by atoms with Crippen molar-refractivity contribution in [2.24, 2.45) is 0 Å². The normalized spacial score (nSPS) is 21.9. The average molecular weight is 139 g/mol. The molecular weight excluding hydrogens is 130 g/mol.